The van der Waals surface area contributed by atoms with Crippen LogP contribution >= 0.6 is 0 Å². The third kappa shape index (κ3) is 2.59. The molecular formula is C19H15N3O4. The average Bonchev–Trinajstić information content (AvgIpc) is 3.16. The van der Waals surface area contributed by atoms with Gasteiger partial charge in [0.25, 0.3) is 11.8 Å². The summed E-state index contributed by atoms with van der Waals surface area (Å²) in [5.74, 6) is -0.651. The van der Waals surface area contributed by atoms with Gasteiger partial charge in [-0.15, -0.1) is 0 Å². The van der Waals surface area contributed by atoms with E-state index in [1.165, 1.54) is 0 Å². The molecule has 7 nitrogen and oxygen atoms in total. The molecule has 3 aromatic rings. The molecule has 0 radical (unpaired) electrons. The van der Waals surface area contributed by atoms with Crippen LogP contribution in [0.5, 0.6) is 0 Å². The number of urea groups is 1. The van der Waals surface area contributed by atoms with E-state index in [9.17, 15) is 14.4 Å². The van der Waals surface area contributed by atoms with Gasteiger partial charge in [-0.25, -0.2) is 4.79 Å². The first kappa shape index (κ1) is 15.9. The van der Waals surface area contributed by atoms with E-state index >= 15 is 0 Å². The average molecular weight is 349 g/mol. The minimum Gasteiger partial charge on any atom is -0.451 e. The predicted octanol–water partition coefficient (Wildman–Crippen LogP) is 2.74. The Morgan fingerprint density at radius 1 is 1.08 bits per heavy atom. The fourth-order valence-electron chi connectivity index (χ4n) is 2.94. The molecular weight excluding hydrogens is 334 g/mol. The molecule has 3 N–H and O–H groups in total. The van der Waals surface area contributed by atoms with Crippen LogP contribution in [0.2, 0.25) is 0 Å². The van der Waals surface area contributed by atoms with Gasteiger partial charge < -0.3 is 15.1 Å². The lowest BCUT2D eigenvalue weighted by Gasteiger charge is -2.21. The number of benzene rings is 2. The second kappa shape index (κ2) is 5.73. The van der Waals surface area contributed by atoms with Crippen molar-refractivity contribution in [2.45, 2.75) is 12.5 Å². The predicted molar refractivity (Wildman–Crippen MR) is 94.6 cm³/mol. The lowest BCUT2D eigenvalue weighted by atomic mass is 9.92. The molecule has 0 unspecified atom stereocenters. The Morgan fingerprint density at radius 2 is 1.88 bits per heavy atom. The summed E-state index contributed by atoms with van der Waals surface area (Å²) in [7, 11) is 0. The number of para-hydroxylation sites is 1. The summed E-state index contributed by atoms with van der Waals surface area (Å²) in [5.41, 5.74) is 0.493. The van der Waals surface area contributed by atoms with Crippen molar-refractivity contribution >= 4 is 34.5 Å². The first-order valence-electron chi connectivity index (χ1n) is 8.00. The molecule has 1 aliphatic heterocycles. The van der Waals surface area contributed by atoms with Crippen molar-refractivity contribution in [3.63, 3.8) is 0 Å². The van der Waals surface area contributed by atoms with Gasteiger partial charge in [0.2, 0.25) is 0 Å². The molecule has 4 amide bonds. The topological polar surface area (TPSA) is 100 Å². The number of furan rings is 1. The molecule has 2 aromatic carbocycles. The number of fused-ring (bicyclic) bond motifs is 1. The highest BCUT2D eigenvalue weighted by Crippen LogP contribution is 2.27. The first-order valence-corrected chi connectivity index (χ1v) is 8.00. The van der Waals surface area contributed by atoms with E-state index in [0.717, 1.165) is 5.39 Å². The molecule has 0 aliphatic carbocycles. The zero-order valence-corrected chi connectivity index (χ0v) is 13.8. The Morgan fingerprint density at radius 3 is 2.62 bits per heavy atom. The Bertz CT molecular complexity index is 1020. The zero-order chi connectivity index (χ0) is 18.3. The van der Waals surface area contributed by atoms with Crippen molar-refractivity contribution in [2.24, 2.45) is 0 Å². The molecule has 130 valence electrons. The van der Waals surface area contributed by atoms with Gasteiger partial charge >= 0.3 is 6.03 Å². The molecule has 1 fully saturated rings. The van der Waals surface area contributed by atoms with Crippen LogP contribution in [0.4, 0.5) is 10.5 Å². The summed E-state index contributed by atoms with van der Waals surface area (Å²) in [6.07, 6.45) is 0. The fraction of sp³-hybridized carbons (Fsp3) is 0.105. The third-order valence-corrected chi connectivity index (χ3v) is 4.39. The van der Waals surface area contributed by atoms with Gasteiger partial charge in [-0.3, -0.25) is 14.9 Å². The van der Waals surface area contributed by atoms with Crippen LogP contribution in [0.25, 0.3) is 11.0 Å². The second-order valence-electron chi connectivity index (χ2n) is 6.22. The molecule has 26 heavy (non-hydrogen) atoms. The molecule has 1 aromatic heterocycles. The normalized spacial score (nSPS) is 19.3. The van der Waals surface area contributed by atoms with Crippen molar-refractivity contribution in [3.8, 4) is 0 Å². The second-order valence-corrected chi connectivity index (χ2v) is 6.22. The molecule has 0 spiro atoms. The van der Waals surface area contributed by atoms with E-state index in [1.807, 2.05) is 18.2 Å². The Kier molecular flexibility index (Phi) is 3.50. The van der Waals surface area contributed by atoms with Crippen LogP contribution in [0.1, 0.15) is 23.0 Å². The number of anilines is 1. The highest BCUT2D eigenvalue weighted by molar-refractivity contribution is 6.08. The Hall–Kier alpha value is -3.61. The molecule has 1 saturated heterocycles. The molecule has 2 heterocycles. The van der Waals surface area contributed by atoms with E-state index in [1.54, 1.807) is 43.3 Å². The monoisotopic (exact) mass is 349 g/mol. The van der Waals surface area contributed by atoms with Gasteiger partial charge in [-0.2, -0.15) is 0 Å². The van der Waals surface area contributed by atoms with Crippen molar-refractivity contribution in [2.75, 3.05) is 5.32 Å². The lowest BCUT2D eigenvalue weighted by Crippen LogP contribution is -2.40. The summed E-state index contributed by atoms with van der Waals surface area (Å²) in [5, 5.41) is 8.40. The largest absolute Gasteiger partial charge is 0.451 e. The fourth-order valence-corrected chi connectivity index (χ4v) is 2.94. The molecule has 1 aliphatic rings. The van der Waals surface area contributed by atoms with Crippen LogP contribution in [0, 0.1) is 0 Å². The molecule has 7 heteroatoms. The van der Waals surface area contributed by atoms with E-state index < -0.39 is 23.4 Å². The van der Waals surface area contributed by atoms with Gasteiger partial charge in [0.15, 0.2) is 5.76 Å². The zero-order valence-electron chi connectivity index (χ0n) is 13.8. The number of nitrogens with one attached hydrogen (secondary N) is 3. The number of amides is 4. The maximum absolute atomic E-state index is 12.5. The van der Waals surface area contributed by atoms with Crippen molar-refractivity contribution in [1.82, 2.24) is 10.6 Å². The summed E-state index contributed by atoms with van der Waals surface area (Å²) in [6.45, 7) is 1.60. The minimum absolute atomic E-state index is 0.190. The van der Waals surface area contributed by atoms with Crippen molar-refractivity contribution < 1.29 is 18.8 Å². The summed E-state index contributed by atoms with van der Waals surface area (Å²) in [6, 6.07) is 15.2. The number of carbonyl (C=O) groups excluding carboxylic acids is 3. The van der Waals surface area contributed by atoms with Crippen molar-refractivity contribution in [3.05, 3.63) is 65.9 Å². The van der Waals surface area contributed by atoms with Gasteiger partial charge in [0.1, 0.15) is 11.1 Å². The third-order valence-electron chi connectivity index (χ3n) is 4.39. The van der Waals surface area contributed by atoms with E-state index in [-0.39, 0.29) is 5.76 Å². The summed E-state index contributed by atoms with van der Waals surface area (Å²) in [4.78, 5) is 36.0. The van der Waals surface area contributed by atoms with Gasteiger partial charge in [-0.05, 0) is 36.8 Å². The molecule has 0 bridgehead atoms. The Balaban J connectivity index is 1.60. The van der Waals surface area contributed by atoms with E-state index in [2.05, 4.69) is 16.0 Å². The highest BCUT2D eigenvalue weighted by Gasteiger charge is 2.43. The van der Waals surface area contributed by atoms with Crippen LogP contribution in [0.15, 0.2) is 59.0 Å². The quantitative estimate of drug-likeness (QED) is 0.633. The standard InChI is InChI=1S/C19H15N3O4/c1-19(17(24)21-18(25)22-19)12-6-4-7-13(10-12)20-16(23)15-9-11-5-2-3-8-14(11)26-15/h2-10H,1H3,(H,20,23)(H2,21,22,24,25)/t19-/m1/s1. The Labute approximate surface area is 148 Å². The van der Waals surface area contributed by atoms with Crippen molar-refractivity contribution in [1.29, 1.82) is 0 Å². The maximum Gasteiger partial charge on any atom is 0.322 e. The van der Waals surface area contributed by atoms with E-state index in [0.29, 0.717) is 16.8 Å². The van der Waals surface area contributed by atoms with Crippen LogP contribution < -0.4 is 16.0 Å². The van der Waals surface area contributed by atoms with E-state index in [4.69, 9.17) is 4.42 Å². The van der Waals surface area contributed by atoms with Crippen LogP contribution in [-0.4, -0.2) is 17.8 Å². The van der Waals surface area contributed by atoms with Gasteiger partial charge in [0.05, 0.1) is 0 Å². The number of rotatable bonds is 3. The highest BCUT2D eigenvalue weighted by atomic mass is 16.3. The SMILES string of the molecule is C[C@]1(c2cccc(NC(=O)c3cc4ccccc4o3)c2)NC(=O)NC1=O. The van der Waals surface area contributed by atoms with Gasteiger partial charge in [-0.1, -0.05) is 30.3 Å². The minimum atomic E-state index is -1.18. The smallest absolute Gasteiger partial charge is 0.322 e. The van der Waals surface area contributed by atoms with Crippen LogP contribution in [0.3, 0.4) is 0 Å². The number of carbonyl (C=O) groups is 3. The first-order chi connectivity index (χ1) is 12.5. The molecule has 0 saturated carbocycles. The number of imide groups is 1. The van der Waals surface area contributed by atoms with Crippen LogP contribution in [-0.2, 0) is 10.3 Å². The summed E-state index contributed by atoms with van der Waals surface area (Å²) >= 11 is 0. The maximum atomic E-state index is 12.5. The molecule has 1 atom stereocenters. The molecule has 4 rings (SSSR count). The number of hydrogen-bond donors (Lipinski definition) is 3. The lowest BCUT2D eigenvalue weighted by molar-refractivity contribution is -0.123. The summed E-state index contributed by atoms with van der Waals surface area (Å²) < 4.78 is 5.55. The number of hydrogen-bond acceptors (Lipinski definition) is 4. The van der Waals surface area contributed by atoms with Gasteiger partial charge in [0, 0.05) is 11.1 Å².